The standard InChI is InChI=1S/C27H35N5O2S/c1-5-19-8-10-20(11-9-19)16-28-25(33)21-12-14-32(15-13-21)24-22(27(34)31(6-2)7-3)17-29-26-23(24)18(4)30-35-26/h8-11,17,21H,5-7,12-16H2,1-4H3,(H,28,33). The highest BCUT2D eigenvalue weighted by atomic mass is 32.1. The molecule has 0 atom stereocenters. The number of hydrogen-bond acceptors (Lipinski definition) is 6. The minimum atomic E-state index is -0.0258. The summed E-state index contributed by atoms with van der Waals surface area (Å²) in [6, 6.07) is 8.41. The van der Waals surface area contributed by atoms with Gasteiger partial charge in [-0.2, -0.15) is 4.37 Å². The number of nitrogens with one attached hydrogen (secondary N) is 1. The highest BCUT2D eigenvalue weighted by Gasteiger charge is 2.30. The number of carbonyl (C=O) groups excluding carboxylic acids is 2. The van der Waals surface area contributed by atoms with E-state index in [2.05, 4.69) is 50.8 Å². The number of hydrogen-bond donors (Lipinski definition) is 1. The number of aryl methyl sites for hydroxylation is 2. The Hall–Kier alpha value is -3.00. The molecule has 3 heterocycles. The van der Waals surface area contributed by atoms with Crippen LogP contribution in [0.5, 0.6) is 0 Å². The van der Waals surface area contributed by atoms with Crippen molar-refractivity contribution in [1.82, 2.24) is 19.6 Å². The quantitative estimate of drug-likeness (QED) is 0.497. The molecular formula is C27H35N5O2S. The molecule has 0 saturated carbocycles. The minimum absolute atomic E-state index is 0.000965. The van der Waals surface area contributed by atoms with Crippen LogP contribution in [0.3, 0.4) is 0 Å². The van der Waals surface area contributed by atoms with E-state index in [1.807, 2.05) is 25.7 Å². The van der Waals surface area contributed by atoms with Crippen molar-refractivity contribution in [3.8, 4) is 0 Å². The van der Waals surface area contributed by atoms with E-state index >= 15 is 0 Å². The number of anilines is 1. The first kappa shape index (κ1) is 25.1. The lowest BCUT2D eigenvalue weighted by Gasteiger charge is -2.35. The number of piperidine rings is 1. The molecule has 0 unspecified atom stereocenters. The summed E-state index contributed by atoms with van der Waals surface area (Å²) in [5.74, 6) is 0.0815. The summed E-state index contributed by atoms with van der Waals surface area (Å²) in [4.78, 5) is 35.7. The third-order valence-corrected chi connectivity index (χ3v) is 7.86. The van der Waals surface area contributed by atoms with Crippen LogP contribution in [0.15, 0.2) is 30.5 Å². The second-order valence-corrected chi connectivity index (χ2v) is 9.85. The summed E-state index contributed by atoms with van der Waals surface area (Å²) < 4.78 is 4.51. The van der Waals surface area contributed by atoms with E-state index in [0.29, 0.717) is 25.2 Å². The van der Waals surface area contributed by atoms with Gasteiger partial charge in [-0.1, -0.05) is 31.2 Å². The lowest BCUT2D eigenvalue weighted by molar-refractivity contribution is -0.125. The molecule has 0 spiro atoms. The lowest BCUT2D eigenvalue weighted by Crippen LogP contribution is -2.41. The van der Waals surface area contributed by atoms with Gasteiger partial charge in [-0.25, -0.2) is 4.98 Å². The van der Waals surface area contributed by atoms with E-state index in [-0.39, 0.29) is 17.7 Å². The van der Waals surface area contributed by atoms with Gasteiger partial charge in [0.15, 0.2) is 0 Å². The molecule has 1 fully saturated rings. The molecule has 1 N–H and O–H groups in total. The van der Waals surface area contributed by atoms with Crippen molar-refractivity contribution in [2.75, 3.05) is 31.1 Å². The molecule has 0 radical (unpaired) electrons. The monoisotopic (exact) mass is 493 g/mol. The summed E-state index contributed by atoms with van der Waals surface area (Å²) in [5.41, 5.74) is 4.87. The Morgan fingerprint density at radius 3 is 2.37 bits per heavy atom. The van der Waals surface area contributed by atoms with E-state index in [0.717, 1.165) is 59.5 Å². The zero-order valence-corrected chi connectivity index (χ0v) is 22.0. The largest absolute Gasteiger partial charge is 0.370 e. The van der Waals surface area contributed by atoms with Gasteiger partial charge in [0.2, 0.25) is 5.91 Å². The first-order valence-electron chi connectivity index (χ1n) is 12.6. The smallest absolute Gasteiger partial charge is 0.257 e. The lowest BCUT2D eigenvalue weighted by atomic mass is 9.94. The van der Waals surface area contributed by atoms with Gasteiger partial charge in [0.25, 0.3) is 5.91 Å². The number of benzene rings is 1. The topological polar surface area (TPSA) is 78.4 Å². The van der Waals surface area contributed by atoms with Crippen LogP contribution in [-0.4, -0.2) is 52.3 Å². The van der Waals surface area contributed by atoms with Gasteiger partial charge in [-0.3, -0.25) is 9.59 Å². The normalized spacial score (nSPS) is 14.3. The average Bonchev–Trinajstić information content (AvgIpc) is 3.28. The van der Waals surface area contributed by atoms with Crippen molar-refractivity contribution >= 4 is 39.3 Å². The first-order chi connectivity index (χ1) is 17.0. The molecule has 0 bridgehead atoms. The van der Waals surface area contributed by atoms with Gasteiger partial charge in [0.1, 0.15) is 4.83 Å². The van der Waals surface area contributed by atoms with Crippen molar-refractivity contribution in [3.63, 3.8) is 0 Å². The molecule has 3 aromatic rings. The van der Waals surface area contributed by atoms with Crippen LogP contribution in [-0.2, 0) is 17.8 Å². The molecular weight excluding hydrogens is 458 g/mol. The zero-order chi connectivity index (χ0) is 24.9. The minimum Gasteiger partial charge on any atom is -0.370 e. The van der Waals surface area contributed by atoms with Crippen molar-refractivity contribution in [1.29, 1.82) is 0 Å². The molecule has 35 heavy (non-hydrogen) atoms. The molecule has 7 nitrogen and oxygen atoms in total. The number of amides is 2. The second-order valence-electron chi connectivity index (χ2n) is 9.10. The van der Waals surface area contributed by atoms with Gasteiger partial charge in [0.05, 0.1) is 22.3 Å². The first-order valence-corrected chi connectivity index (χ1v) is 13.4. The molecule has 4 rings (SSSR count). The maximum atomic E-state index is 13.4. The highest BCUT2D eigenvalue weighted by Crippen LogP contribution is 2.36. The summed E-state index contributed by atoms with van der Waals surface area (Å²) >= 11 is 1.37. The van der Waals surface area contributed by atoms with Crippen LogP contribution in [0.2, 0.25) is 0 Å². The van der Waals surface area contributed by atoms with E-state index in [9.17, 15) is 9.59 Å². The Morgan fingerprint density at radius 2 is 1.74 bits per heavy atom. The fourth-order valence-electron chi connectivity index (χ4n) is 4.80. The summed E-state index contributed by atoms with van der Waals surface area (Å²) in [6.45, 7) is 11.4. The Balaban J connectivity index is 1.48. The predicted octanol–water partition coefficient (Wildman–Crippen LogP) is 4.58. The van der Waals surface area contributed by atoms with Crippen LogP contribution in [0, 0.1) is 12.8 Å². The Kier molecular flexibility index (Phi) is 8.00. The van der Waals surface area contributed by atoms with Gasteiger partial charge in [0, 0.05) is 44.8 Å². The zero-order valence-electron chi connectivity index (χ0n) is 21.1. The highest BCUT2D eigenvalue weighted by molar-refractivity contribution is 7.13. The van der Waals surface area contributed by atoms with Gasteiger partial charge >= 0.3 is 0 Å². The molecule has 0 aliphatic carbocycles. The van der Waals surface area contributed by atoms with Crippen LogP contribution in [0.4, 0.5) is 5.69 Å². The molecule has 1 aliphatic rings. The van der Waals surface area contributed by atoms with Crippen molar-refractivity contribution in [2.24, 2.45) is 5.92 Å². The fraction of sp³-hybridized carbons (Fsp3) is 0.481. The van der Waals surface area contributed by atoms with Gasteiger partial charge in [-0.05, 0) is 62.7 Å². The molecule has 1 saturated heterocycles. The van der Waals surface area contributed by atoms with E-state index < -0.39 is 0 Å². The van der Waals surface area contributed by atoms with Crippen LogP contribution in [0.25, 0.3) is 10.2 Å². The number of nitrogens with zero attached hydrogens (tertiary/aromatic N) is 4. The molecule has 2 amide bonds. The Bertz CT molecular complexity index is 1180. The van der Waals surface area contributed by atoms with Gasteiger partial charge < -0.3 is 15.1 Å². The van der Waals surface area contributed by atoms with E-state index in [4.69, 9.17) is 0 Å². The maximum absolute atomic E-state index is 13.4. The molecule has 1 aliphatic heterocycles. The van der Waals surface area contributed by atoms with E-state index in [1.54, 1.807) is 6.20 Å². The number of rotatable bonds is 8. The SMILES string of the molecule is CCc1ccc(CNC(=O)C2CCN(c3c(C(=O)N(CC)CC)cnc4snc(C)c34)CC2)cc1. The number of aromatic nitrogens is 2. The predicted molar refractivity (Wildman–Crippen MR) is 142 cm³/mol. The Morgan fingerprint density at radius 1 is 1.09 bits per heavy atom. The third kappa shape index (κ3) is 5.32. The van der Waals surface area contributed by atoms with Crippen LogP contribution in [0.1, 0.15) is 60.8 Å². The van der Waals surface area contributed by atoms with E-state index in [1.165, 1.54) is 17.1 Å². The second kappa shape index (κ2) is 11.2. The fourth-order valence-corrected chi connectivity index (χ4v) is 5.55. The number of fused-ring (bicyclic) bond motifs is 1. The number of pyridine rings is 1. The summed E-state index contributed by atoms with van der Waals surface area (Å²) in [6.07, 6.45) is 4.22. The Labute approximate surface area is 211 Å². The van der Waals surface area contributed by atoms with Crippen molar-refractivity contribution in [2.45, 2.75) is 53.5 Å². The van der Waals surface area contributed by atoms with Crippen molar-refractivity contribution in [3.05, 3.63) is 52.8 Å². The molecule has 8 heteroatoms. The van der Waals surface area contributed by atoms with Crippen LogP contribution < -0.4 is 10.2 Å². The number of carbonyl (C=O) groups is 2. The summed E-state index contributed by atoms with van der Waals surface area (Å²) in [7, 11) is 0. The molecule has 2 aromatic heterocycles. The van der Waals surface area contributed by atoms with Gasteiger partial charge in [-0.15, -0.1) is 0 Å². The maximum Gasteiger partial charge on any atom is 0.257 e. The average molecular weight is 494 g/mol. The molecule has 186 valence electrons. The van der Waals surface area contributed by atoms with Crippen LogP contribution >= 0.6 is 11.5 Å². The molecule has 1 aromatic carbocycles. The third-order valence-electron chi connectivity index (χ3n) is 7.01. The summed E-state index contributed by atoms with van der Waals surface area (Å²) in [5, 5.41) is 4.08. The van der Waals surface area contributed by atoms with Crippen molar-refractivity contribution < 1.29 is 9.59 Å².